The lowest BCUT2D eigenvalue weighted by Crippen LogP contribution is -2.43. The number of methoxy groups -OCH3 is 1. The molecule has 0 spiro atoms. The van der Waals surface area contributed by atoms with Crippen LogP contribution in [0.3, 0.4) is 0 Å². The van der Waals surface area contributed by atoms with Crippen molar-refractivity contribution in [3.05, 3.63) is 58.7 Å². The Hall–Kier alpha value is -2.84. The highest BCUT2D eigenvalue weighted by molar-refractivity contribution is 8.15. The lowest BCUT2D eigenvalue weighted by atomic mass is 9.90. The first-order valence-corrected chi connectivity index (χ1v) is 13.6. The molecule has 0 radical (unpaired) electrons. The minimum Gasteiger partial charge on any atom is -0.495 e. The van der Waals surface area contributed by atoms with Crippen molar-refractivity contribution in [1.29, 1.82) is 0 Å². The molecule has 2 aromatic rings. The Kier molecular flexibility index (Phi) is 7.34. The summed E-state index contributed by atoms with van der Waals surface area (Å²) in [6.07, 6.45) is 3.64. The maximum absolute atomic E-state index is 13.1. The number of fused-ring (bicyclic) bond motifs is 1. The smallest absolute Gasteiger partial charge is 0.286 e. The molecular weight excluding hydrogens is 474 g/mol. The summed E-state index contributed by atoms with van der Waals surface area (Å²) in [5.41, 5.74) is 5.64. The number of anilines is 1. The molecule has 7 nitrogen and oxygen atoms in total. The van der Waals surface area contributed by atoms with Gasteiger partial charge in [0, 0.05) is 19.5 Å². The van der Waals surface area contributed by atoms with Crippen molar-refractivity contribution < 1.29 is 19.1 Å². The Morgan fingerprint density at radius 1 is 1.03 bits per heavy atom. The lowest BCUT2D eigenvalue weighted by molar-refractivity contribution is -0.120. The van der Waals surface area contributed by atoms with Gasteiger partial charge in [0.15, 0.2) is 0 Å². The van der Waals surface area contributed by atoms with Crippen molar-refractivity contribution in [3.63, 3.8) is 0 Å². The topological polar surface area (TPSA) is 79.0 Å². The van der Waals surface area contributed by atoms with E-state index >= 15 is 0 Å². The van der Waals surface area contributed by atoms with E-state index < -0.39 is 5.25 Å². The van der Waals surface area contributed by atoms with Crippen molar-refractivity contribution in [1.82, 2.24) is 10.2 Å². The van der Waals surface area contributed by atoms with E-state index in [4.69, 9.17) is 4.74 Å². The van der Waals surface area contributed by atoms with Crippen molar-refractivity contribution in [2.45, 2.75) is 50.8 Å². The highest BCUT2D eigenvalue weighted by Crippen LogP contribution is 2.41. The number of nitrogens with zero attached hydrogens (tertiary/aromatic N) is 2. The van der Waals surface area contributed by atoms with E-state index in [1.165, 1.54) is 11.1 Å². The largest absolute Gasteiger partial charge is 0.495 e. The van der Waals surface area contributed by atoms with Crippen LogP contribution in [0.5, 0.6) is 5.75 Å². The molecule has 36 heavy (non-hydrogen) atoms. The third-order valence-electron chi connectivity index (χ3n) is 7.70. The van der Waals surface area contributed by atoms with Gasteiger partial charge in [0.2, 0.25) is 11.8 Å². The fourth-order valence-electron chi connectivity index (χ4n) is 5.61. The number of piperidine rings is 1. The fourth-order valence-corrected chi connectivity index (χ4v) is 6.46. The molecule has 0 bridgehead atoms. The molecule has 1 unspecified atom stereocenters. The zero-order valence-corrected chi connectivity index (χ0v) is 21.7. The lowest BCUT2D eigenvalue weighted by Gasteiger charge is -2.38. The average Bonchev–Trinajstić information content (AvgIpc) is 3.19. The second-order valence-electron chi connectivity index (χ2n) is 9.99. The zero-order valence-electron chi connectivity index (χ0n) is 20.9. The number of rotatable bonds is 7. The van der Waals surface area contributed by atoms with Crippen molar-refractivity contribution in [3.8, 4) is 5.75 Å². The second-order valence-corrected chi connectivity index (χ2v) is 11.2. The normalized spacial score (nSPS) is 21.0. The van der Waals surface area contributed by atoms with Crippen LogP contribution in [-0.4, -0.2) is 53.9 Å². The molecule has 190 valence electrons. The number of carbonyl (C=O) groups excluding carboxylic acids is 3. The van der Waals surface area contributed by atoms with Gasteiger partial charge in [-0.1, -0.05) is 42.1 Å². The number of nitrogens with one attached hydrogen (secondary N) is 1. The summed E-state index contributed by atoms with van der Waals surface area (Å²) in [5.74, 6) is 1.01. The van der Waals surface area contributed by atoms with E-state index in [9.17, 15) is 14.4 Å². The summed E-state index contributed by atoms with van der Waals surface area (Å²) in [6.45, 7) is 5.86. The van der Waals surface area contributed by atoms with Gasteiger partial charge in [-0.05, 0) is 79.9 Å². The van der Waals surface area contributed by atoms with Crippen molar-refractivity contribution >= 4 is 34.5 Å². The third-order valence-corrected chi connectivity index (χ3v) is 8.68. The molecule has 2 aromatic carbocycles. The van der Waals surface area contributed by atoms with E-state index in [0.717, 1.165) is 61.1 Å². The molecule has 1 atom stereocenters. The quantitative estimate of drug-likeness (QED) is 0.608. The summed E-state index contributed by atoms with van der Waals surface area (Å²) in [5, 5.41) is 1.65. The Morgan fingerprint density at radius 3 is 2.50 bits per heavy atom. The van der Waals surface area contributed by atoms with E-state index in [0.29, 0.717) is 37.5 Å². The average molecular weight is 508 g/mol. The SMILES string of the molecule is COc1ccc(CC2SC(=O)NC2=O)c2c1N(CC1CCN(Cc3ccccc3C)CC1)C(=O)CC2. The van der Waals surface area contributed by atoms with Crippen molar-refractivity contribution in [2.75, 3.05) is 31.6 Å². The molecular formula is C28H33N3O4S. The number of amides is 3. The van der Waals surface area contributed by atoms with E-state index in [2.05, 4.69) is 41.4 Å². The molecule has 8 heteroatoms. The molecule has 2 fully saturated rings. The number of thioether (sulfide) groups is 1. The Morgan fingerprint density at radius 2 is 1.81 bits per heavy atom. The van der Waals surface area contributed by atoms with Gasteiger partial charge in [-0.25, -0.2) is 0 Å². The maximum Gasteiger partial charge on any atom is 0.286 e. The molecule has 0 aliphatic carbocycles. The number of carbonyl (C=O) groups is 3. The van der Waals surface area contributed by atoms with Crippen LogP contribution in [0.15, 0.2) is 36.4 Å². The molecule has 0 aromatic heterocycles. The molecule has 0 saturated carbocycles. The molecule has 3 aliphatic heterocycles. The van der Waals surface area contributed by atoms with E-state index in [-0.39, 0.29) is 17.1 Å². The van der Waals surface area contributed by atoms with Gasteiger partial charge in [0.25, 0.3) is 5.24 Å². The van der Waals surface area contributed by atoms with Crippen LogP contribution in [0.1, 0.15) is 41.5 Å². The summed E-state index contributed by atoms with van der Waals surface area (Å²) >= 11 is 1.04. The molecule has 5 rings (SSSR count). The number of ether oxygens (including phenoxy) is 1. The van der Waals surface area contributed by atoms with Crippen LogP contribution in [0.25, 0.3) is 0 Å². The maximum atomic E-state index is 13.1. The van der Waals surface area contributed by atoms with Gasteiger partial charge in [-0.2, -0.15) is 0 Å². The predicted octanol–water partition coefficient (Wildman–Crippen LogP) is 4.09. The summed E-state index contributed by atoms with van der Waals surface area (Å²) in [4.78, 5) is 41.4. The Labute approximate surface area is 216 Å². The van der Waals surface area contributed by atoms with Gasteiger partial charge in [-0.15, -0.1) is 0 Å². The van der Waals surface area contributed by atoms with Crippen LogP contribution >= 0.6 is 11.8 Å². The van der Waals surface area contributed by atoms with Gasteiger partial charge < -0.3 is 9.64 Å². The Bertz CT molecular complexity index is 1180. The molecule has 3 heterocycles. The first-order valence-electron chi connectivity index (χ1n) is 12.7. The highest BCUT2D eigenvalue weighted by atomic mass is 32.2. The van der Waals surface area contributed by atoms with Crippen molar-refractivity contribution in [2.24, 2.45) is 5.92 Å². The Balaban J connectivity index is 1.30. The standard InChI is InChI=1S/C28H33N3O4S/c1-18-5-3-4-6-21(18)17-30-13-11-19(12-14-30)16-31-25(32)10-8-22-20(7-9-23(35-2)26(22)31)15-24-27(33)29-28(34)36-24/h3-7,9,19,24H,8,10-17H2,1-2H3,(H,29,33,34). The van der Waals surface area contributed by atoms with Gasteiger partial charge in [0.05, 0.1) is 18.0 Å². The summed E-state index contributed by atoms with van der Waals surface area (Å²) < 4.78 is 5.70. The number of likely N-dealkylation sites (tertiary alicyclic amines) is 1. The minimum atomic E-state index is -0.432. The molecule has 1 N–H and O–H groups in total. The van der Waals surface area contributed by atoms with E-state index in [1.54, 1.807) is 7.11 Å². The van der Waals surface area contributed by atoms with Gasteiger partial charge in [-0.3, -0.25) is 24.6 Å². The minimum absolute atomic E-state index is 0.128. The van der Waals surface area contributed by atoms with Gasteiger partial charge in [0.1, 0.15) is 5.75 Å². The highest BCUT2D eigenvalue weighted by Gasteiger charge is 2.35. The zero-order chi connectivity index (χ0) is 25.2. The summed E-state index contributed by atoms with van der Waals surface area (Å²) in [6, 6.07) is 12.4. The fraction of sp³-hybridized carbons (Fsp3) is 0.464. The first-order chi connectivity index (χ1) is 17.4. The van der Waals surface area contributed by atoms with Crippen LogP contribution in [0.2, 0.25) is 0 Å². The monoisotopic (exact) mass is 507 g/mol. The van der Waals surface area contributed by atoms with Crippen LogP contribution in [0.4, 0.5) is 10.5 Å². The van der Waals surface area contributed by atoms with Crippen LogP contribution < -0.4 is 15.0 Å². The van der Waals surface area contributed by atoms with Crippen LogP contribution in [-0.2, 0) is 29.0 Å². The molecule has 3 aliphatic rings. The third kappa shape index (κ3) is 5.15. The number of hydrogen-bond donors (Lipinski definition) is 1. The number of imide groups is 1. The number of aryl methyl sites for hydroxylation is 1. The van der Waals surface area contributed by atoms with E-state index in [1.807, 2.05) is 17.0 Å². The molecule has 3 amide bonds. The number of hydrogen-bond acceptors (Lipinski definition) is 6. The summed E-state index contributed by atoms with van der Waals surface area (Å²) in [7, 11) is 1.63. The first kappa shape index (κ1) is 24.8. The van der Waals surface area contributed by atoms with Crippen LogP contribution in [0, 0.1) is 12.8 Å². The number of benzene rings is 2. The predicted molar refractivity (Wildman–Crippen MR) is 141 cm³/mol. The molecule has 2 saturated heterocycles. The second kappa shape index (κ2) is 10.6. The van der Waals surface area contributed by atoms with Gasteiger partial charge >= 0.3 is 0 Å².